The monoisotopic (exact) mass is 494 g/mol. The van der Waals surface area contributed by atoms with Crippen molar-refractivity contribution in [2.75, 3.05) is 47.7 Å². The van der Waals surface area contributed by atoms with Crippen LogP contribution in [-0.4, -0.2) is 48.4 Å². The number of nitrogens with zero attached hydrogens (tertiary/aromatic N) is 6. The molecule has 0 saturated carbocycles. The topological polar surface area (TPSA) is 81.6 Å². The van der Waals surface area contributed by atoms with Crippen molar-refractivity contribution in [3.63, 3.8) is 0 Å². The summed E-state index contributed by atoms with van der Waals surface area (Å²) in [6, 6.07) is 16.0. The quantitative estimate of drug-likeness (QED) is 0.357. The summed E-state index contributed by atoms with van der Waals surface area (Å²) in [5, 5.41) is 7.62. The predicted octanol–water partition coefficient (Wildman–Crippen LogP) is 4.88. The van der Waals surface area contributed by atoms with Gasteiger partial charge in [0.2, 0.25) is 17.8 Å². The molecule has 2 heterocycles. The molecule has 2 aromatic carbocycles. The van der Waals surface area contributed by atoms with Crippen LogP contribution in [0.3, 0.4) is 0 Å². The summed E-state index contributed by atoms with van der Waals surface area (Å²) in [4.78, 5) is 18.0. The van der Waals surface area contributed by atoms with Gasteiger partial charge in [0.25, 0.3) is 0 Å². The molecular weight excluding hydrogens is 468 g/mol. The van der Waals surface area contributed by atoms with E-state index in [-0.39, 0.29) is 0 Å². The molecule has 2 N–H and O–H groups in total. The molecule has 0 spiro atoms. The number of hydrazone groups is 1. The molecular formula is C23H27BrN8. The number of halogens is 1. The average molecular weight is 495 g/mol. The van der Waals surface area contributed by atoms with Crippen LogP contribution in [0.5, 0.6) is 0 Å². The number of benzene rings is 2. The Balaban J connectivity index is 1.54. The summed E-state index contributed by atoms with van der Waals surface area (Å²) >= 11 is 3.61. The van der Waals surface area contributed by atoms with Crippen LogP contribution in [-0.2, 0) is 0 Å². The molecule has 1 aromatic heterocycles. The van der Waals surface area contributed by atoms with E-state index >= 15 is 0 Å². The lowest BCUT2D eigenvalue weighted by Gasteiger charge is -2.26. The Hall–Kier alpha value is -3.20. The minimum Gasteiger partial charge on any atom is -0.377 e. The Morgan fingerprint density at radius 1 is 0.969 bits per heavy atom. The van der Waals surface area contributed by atoms with E-state index < -0.39 is 0 Å². The number of piperidine rings is 1. The van der Waals surface area contributed by atoms with Crippen molar-refractivity contribution < 1.29 is 0 Å². The van der Waals surface area contributed by atoms with Crippen LogP contribution in [0.1, 0.15) is 24.8 Å². The first kappa shape index (κ1) is 22.0. The predicted molar refractivity (Wildman–Crippen MR) is 135 cm³/mol. The van der Waals surface area contributed by atoms with E-state index in [4.69, 9.17) is 0 Å². The van der Waals surface area contributed by atoms with Gasteiger partial charge in [0.15, 0.2) is 0 Å². The van der Waals surface area contributed by atoms with E-state index in [1.54, 1.807) is 6.21 Å². The number of para-hydroxylation sites is 1. The second kappa shape index (κ2) is 10.4. The maximum absolute atomic E-state index is 4.65. The maximum atomic E-state index is 4.65. The van der Waals surface area contributed by atoms with Crippen LogP contribution in [0.15, 0.2) is 58.1 Å². The Morgan fingerprint density at radius 2 is 1.72 bits per heavy atom. The highest BCUT2D eigenvalue weighted by atomic mass is 79.9. The summed E-state index contributed by atoms with van der Waals surface area (Å²) in [5.41, 5.74) is 5.96. The van der Waals surface area contributed by atoms with Crippen molar-refractivity contribution >= 4 is 51.4 Å². The van der Waals surface area contributed by atoms with Gasteiger partial charge in [0, 0.05) is 37.3 Å². The molecule has 9 heteroatoms. The fourth-order valence-electron chi connectivity index (χ4n) is 3.49. The third-order valence-corrected chi connectivity index (χ3v) is 5.76. The smallest absolute Gasteiger partial charge is 0.250 e. The molecule has 0 atom stereocenters. The summed E-state index contributed by atoms with van der Waals surface area (Å²) in [6.07, 6.45) is 5.28. The second-order valence-electron chi connectivity index (χ2n) is 7.80. The lowest BCUT2D eigenvalue weighted by molar-refractivity contribution is 0.568. The average Bonchev–Trinajstić information content (AvgIpc) is 2.80. The van der Waals surface area contributed by atoms with Crippen molar-refractivity contribution in [3.05, 3.63) is 58.6 Å². The lowest BCUT2D eigenvalue weighted by atomic mass is 10.1. The van der Waals surface area contributed by atoms with Gasteiger partial charge in [-0.05, 0) is 65.0 Å². The first-order valence-electron chi connectivity index (χ1n) is 10.7. The largest absolute Gasteiger partial charge is 0.377 e. The summed E-state index contributed by atoms with van der Waals surface area (Å²) in [5.74, 6) is 1.55. The standard InChI is InChI=1S/C23H27BrN8/c1-31(2)20-12-11-17(15-19(20)24)16-25-30-22-27-21(26-18-9-5-3-6-10-18)28-23(29-22)32-13-7-4-8-14-32/h3,5-6,9-12,15-16H,4,7-8,13-14H2,1-2H3,(H2,26,27,28,29,30)/b25-16-. The molecule has 166 valence electrons. The molecule has 0 bridgehead atoms. The molecule has 0 aliphatic carbocycles. The van der Waals surface area contributed by atoms with Gasteiger partial charge in [-0.3, -0.25) is 0 Å². The normalized spacial score (nSPS) is 13.9. The molecule has 3 aromatic rings. The lowest BCUT2D eigenvalue weighted by Crippen LogP contribution is -2.31. The zero-order chi connectivity index (χ0) is 22.3. The van der Waals surface area contributed by atoms with E-state index in [0.29, 0.717) is 17.8 Å². The van der Waals surface area contributed by atoms with Gasteiger partial charge < -0.3 is 15.1 Å². The highest BCUT2D eigenvalue weighted by molar-refractivity contribution is 9.10. The molecule has 0 amide bonds. The van der Waals surface area contributed by atoms with Crippen LogP contribution in [0, 0.1) is 0 Å². The van der Waals surface area contributed by atoms with Crippen LogP contribution < -0.4 is 20.5 Å². The number of hydrogen-bond donors (Lipinski definition) is 2. The van der Waals surface area contributed by atoms with Crippen molar-refractivity contribution in [1.29, 1.82) is 0 Å². The zero-order valence-electron chi connectivity index (χ0n) is 18.3. The Labute approximate surface area is 196 Å². The van der Waals surface area contributed by atoms with Crippen molar-refractivity contribution in [1.82, 2.24) is 15.0 Å². The summed E-state index contributed by atoms with van der Waals surface area (Å²) < 4.78 is 1.01. The molecule has 1 fully saturated rings. The Bertz CT molecular complexity index is 1060. The van der Waals surface area contributed by atoms with E-state index in [2.05, 4.69) is 56.5 Å². The summed E-state index contributed by atoms with van der Waals surface area (Å²) in [6.45, 7) is 1.90. The molecule has 1 aliphatic heterocycles. The van der Waals surface area contributed by atoms with Gasteiger partial charge in [-0.25, -0.2) is 5.43 Å². The Morgan fingerprint density at radius 3 is 2.44 bits per heavy atom. The Kier molecular flexibility index (Phi) is 7.16. The van der Waals surface area contributed by atoms with E-state index in [1.165, 1.54) is 6.42 Å². The summed E-state index contributed by atoms with van der Waals surface area (Å²) in [7, 11) is 4.02. The van der Waals surface area contributed by atoms with Crippen molar-refractivity contribution in [3.8, 4) is 0 Å². The van der Waals surface area contributed by atoms with Gasteiger partial charge in [0.1, 0.15) is 0 Å². The minimum absolute atomic E-state index is 0.402. The first-order valence-corrected chi connectivity index (χ1v) is 11.5. The van der Waals surface area contributed by atoms with Gasteiger partial charge in [-0.15, -0.1) is 0 Å². The van der Waals surface area contributed by atoms with E-state index in [1.807, 2.05) is 62.6 Å². The maximum Gasteiger partial charge on any atom is 0.250 e. The molecule has 4 rings (SSSR count). The molecule has 0 unspecified atom stereocenters. The highest BCUT2D eigenvalue weighted by Gasteiger charge is 2.16. The van der Waals surface area contributed by atoms with E-state index in [0.717, 1.165) is 47.3 Å². The molecule has 8 nitrogen and oxygen atoms in total. The fourth-order valence-corrected chi connectivity index (χ4v) is 4.24. The zero-order valence-corrected chi connectivity index (χ0v) is 19.9. The molecule has 1 aliphatic rings. The number of hydrogen-bond acceptors (Lipinski definition) is 8. The van der Waals surface area contributed by atoms with Crippen LogP contribution in [0.2, 0.25) is 0 Å². The second-order valence-corrected chi connectivity index (χ2v) is 8.65. The van der Waals surface area contributed by atoms with Crippen LogP contribution in [0.25, 0.3) is 0 Å². The third-order valence-electron chi connectivity index (χ3n) is 5.12. The number of nitrogens with one attached hydrogen (secondary N) is 2. The van der Waals surface area contributed by atoms with Crippen LogP contribution >= 0.6 is 15.9 Å². The van der Waals surface area contributed by atoms with Crippen LogP contribution in [0.4, 0.5) is 29.2 Å². The van der Waals surface area contributed by atoms with Crippen molar-refractivity contribution in [2.24, 2.45) is 5.10 Å². The number of rotatable bonds is 7. The SMILES string of the molecule is CN(C)c1ccc(/C=N\Nc2nc(Nc3ccccc3)nc(N3CCCCC3)n2)cc1Br. The van der Waals surface area contributed by atoms with Gasteiger partial charge >= 0.3 is 0 Å². The molecule has 0 radical (unpaired) electrons. The number of aromatic nitrogens is 3. The highest BCUT2D eigenvalue weighted by Crippen LogP contribution is 2.25. The third kappa shape index (κ3) is 5.73. The van der Waals surface area contributed by atoms with Gasteiger partial charge in [-0.1, -0.05) is 24.3 Å². The first-order chi connectivity index (χ1) is 15.6. The van der Waals surface area contributed by atoms with E-state index in [9.17, 15) is 0 Å². The minimum atomic E-state index is 0.402. The van der Waals surface area contributed by atoms with Gasteiger partial charge in [0.05, 0.1) is 11.9 Å². The molecule has 1 saturated heterocycles. The number of anilines is 5. The molecule has 32 heavy (non-hydrogen) atoms. The van der Waals surface area contributed by atoms with Crippen molar-refractivity contribution in [2.45, 2.75) is 19.3 Å². The van der Waals surface area contributed by atoms with Gasteiger partial charge in [-0.2, -0.15) is 20.1 Å². The fraction of sp³-hybridized carbons (Fsp3) is 0.304.